The number of hydrogen-bond donors (Lipinski definition) is 2. The second-order valence-electron chi connectivity index (χ2n) is 8.18. The molecule has 0 saturated heterocycles. The number of unbranched alkanes of at least 4 members (excludes halogenated alkanes) is 12. The first kappa shape index (κ1) is 26.0. The zero-order valence-corrected chi connectivity index (χ0v) is 19.3. The van der Waals surface area contributed by atoms with Gasteiger partial charge in [0.2, 0.25) is 0 Å². The maximum atomic E-state index is 11.4. The molecule has 0 aromatic heterocycles. The summed E-state index contributed by atoms with van der Waals surface area (Å²) in [5.74, 6) is 0.162. The van der Waals surface area contributed by atoms with Gasteiger partial charge in [0.25, 0.3) is 0 Å². The molecule has 1 aromatic carbocycles. The minimum absolute atomic E-state index is 0.162. The lowest BCUT2D eigenvalue weighted by Crippen LogP contribution is -2.18. The third-order valence-corrected chi connectivity index (χ3v) is 5.42. The van der Waals surface area contributed by atoms with Gasteiger partial charge in [0, 0.05) is 12.6 Å². The van der Waals surface area contributed by atoms with E-state index >= 15 is 0 Å². The van der Waals surface area contributed by atoms with Crippen LogP contribution in [0.4, 0.5) is 4.79 Å². The van der Waals surface area contributed by atoms with Gasteiger partial charge in [-0.1, -0.05) is 101 Å². The third-order valence-electron chi connectivity index (χ3n) is 5.42. The van der Waals surface area contributed by atoms with Crippen molar-refractivity contribution in [2.45, 2.75) is 104 Å². The Balaban J connectivity index is 2.28. The van der Waals surface area contributed by atoms with E-state index in [1.807, 2.05) is 19.1 Å². The minimum atomic E-state index is -0.606. The highest BCUT2D eigenvalue weighted by atomic mass is 16.7. The van der Waals surface area contributed by atoms with E-state index in [4.69, 9.17) is 4.84 Å². The predicted octanol–water partition coefficient (Wildman–Crippen LogP) is 7.24. The van der Waals surface area contributed by atoms with Crippen LogP contribution in [0.3, 0.4) is 0 Å². The van der Waals surface area contributed by atoms with Crippen LogP contribution in [-0.2, 0) is 4.84 Å². The van der Waals surface area contributed by atoms with E-state index in [-0.39, 0.29) is 5.75 Å². The monoisotopic (exact) mass is 418 g/mol. The Labute approximate surface area is 183 Å². The van der Waals surface area contributed by atoms with Crippen molar-refractivity contribution in [2.24, 2.45) is 5.16 Å². The quantitative estimate of drug-likeness (QED) is 0.129. The number of rotatable bonds is 16. The smallest absolute Gasteiger partial charge is 0.433 e. The maximum Gasteiger partial charge on any atom is 0.433 e. The molecule has 0 fully saturated rings. The number of amides is 1. The van der Waals surface area contributed by atoms with E-state index in [9.17, 15) is 9.90 Å². The Morgan fingerprint density at radius 2 is 1.47 bits per heavy atom. The molecule has 0 saturated carbocycles. The van der Waals surface area contributed by atoms with Crippen molar-refractivity contribution in [3.63, 3.8) is 0 Å². The van der Waals surface area contributed by atoms with E-state index < -0.39 is 6.09 Å². The Hall–Kier alpha value is -2.04. The zero-order valence-electron chi connectivity index (χ0n) is 19.3. The summed E-state index contributed by atoms with van der Waals surface area (Å²) in [4.78, 5) is 16.3. The number of nitrogens with zero attached hydrogens (tertiary/aromatic N) is 1. The maximum absolute atomic E-state index is 11.4. The Morgan fingerprint density at radius 3 is 2.00 bits per heavy atom. The first-order chi connectivity index (χ1) is 14.6. The van der Waals surface area contributed by atoms with Crippen LogP contribution in [0, 0.1) is 6.92 Å². The highest BCUT2D eigenvalue weighted by Crippen LogP contribution is 2.22. The first-order valence-electron chi connectivity index (χ1n) is 11.8. The fourth-order valence-electron chi connectivity index (χ4n) is 3.56. The summed E-state index contributed by atoms with van der Waals surface area (Å²) in [6.07, 6.45) is 16.9. The van der Waals surface area contributed by atoms with Gasteiger partial charge >= 0.3 is 6.09 Å². The number of carbonyl (C=O) groups excluding carboxylic acids is 1. The Bertz CT molecular complexity index is 629. The van der Waals surface area contributed by atoms with Crippen molar-refractivity contribution < 1.29 is 14.7 Å². The van der Waals surface area contributed by atoms with Crippen LogP contribution in [0.1, 0.15) is 108 Å². The molecule has 0 atom stereocenters. The Kier molecular flexibility index (Phi) is 14.5. The van der Waals surface area contributed by atoms with Gasteiger partial charge in [0.15, 0.2) is 0 Å². The lowest BCUT2D eigenvalue weighted by Gasteiger charge is -2.09. The summed E-state index contributed by atoms with van der Waals surface area (Å²) in [5, 5.41) is 16.6. The minimum Gasteiger partial charge on any atom is -0.507 e. The van der Waals surface area contributed by atoms with Gasteiger partial charge in [0.05, 0.1) is 5.71 Å². The second kappa shape index (κ2) is 16.7. The number of oxime groups is 1. The highest BCUT2D eigenvalue weighted by molar-refractivity contribution is 6.02. The largest absolute Gasteiger partial charge is 0.507 e. The van der Waals surface area contributed by atoms with Gasteiger partial charge in [-0.3, -0.25) is 4.84 Å². The summed E-state index contributed by atoms with van der Waals surface area (Å²) in [5.41, 5.74) is 2.28. The predicted molar refractivity (Wildman–Crippen MR) is 125 cm³/mol. The molecule has 0 aliphatic carbocycles. The van der Waals surface area contributed by atoms with E-state index in [0.717, 1.165) is 18.4 Å². The van der Waals surface area contributed by atoms with E-state index in [1.165, 1.54) is 77.7 Å². The van der Waals surface area contributed by atoms with Crippen LogP contribution in [0.25, 0.3) is 0 Å². The molecule has 0 aliphatic rings. The van der Waals surface area contributed by atoms with Crippen LogP contribution in [0.5, 0.6) is 5.75 Å². The van der Waals surface area contributed by atoms with E-state index in [2.05, 4.69) is 17.4 Å². The molecule has 0 bridgehead atoms. The number of benzene rings is 1. The van der Waals surface area contributed by atoms with Gasteiger partial charge in [-0.05, 0) is 31.9 Å². The molecule has 1 rings (SSSR count). The lowest BCUT2D eigenvalue weighted by atomic mass is 10.00. The van der Waals surface area contributed by atoms with Crippen LogP contribution in [-0.4, -0.2) is 24.0 Å². The van der Waals surface area contributed by atoms with Gasteiger partial charge < -0.3 is 10.4 Å². The molecule has 0 heterocycles. The summed E-state index contributed by atoms with van der Waals surface area (Å²) in [7, 11) is 1.49. The number of aryl methyl sites for hydroxylation is 1. The fourth-order valence-corrected chi connectivity index (χ4v) is 3.56. The summed E-state index contributed by atoms with van der Waals surface area (Å²) >= 11 is 0. The van der Waals surface area contributed by atoms with Crippen molar-refractivity contribution in [2.75, 3.05) is 7.05 Å². The van der Waals surface area contributed by atoms with Gasteiger partial charge in [-0.25, -0.2) is 4.79 Å². The van der Waals surface area contributed by atoms with Crippen LogP contribution >= 0.6 is 0 Å². The molecule has 170 valence electrons. The number of phenols is 1. The SMILES string of the molecule is CCCCCCCCCCCCCCC/C(=N\OC(=O)NC)c1cc(C)ccc1O. The normalized spacial score (nSPS) is 11.5. The highest BCUT2D eigenvalue weighted by Gasteiger charge is 2.11. The summed E-state index contributed by atoms with van der Waals surface area (Å²) < 4.78 is 0. The zero-order chi connectivity index (χ0) is 22.0. The molecule has 5 heteroatoms. The molecule has 1 aromatic rings. The molecule has 2 N–H and O–H groups in total. The van der Waals surface area contributed by atoms with Crippen molar-refractivity contribution in [3.8, 4) is 5.75 Å². The molecular weight excluding hydrogens is 376 g/mol. The van der Waals surface area contributed by atoms with Crippen molar-refractivity contribution in [1.82, 2.24) is 5.32 Å². The van der Waals surface area contributed by atoms with E-state index in [0.29, 0.717) is 17.7 Å². The molecule has 5 nitrogen and oxygen atoms in total. The molecule has 1 amide bonds. The average molecular weight is 419 g/mol. The molecule has 0 unspecified atom stereocenters. The topological polar surface area (TPSA) is 70.9 Å². The number of phenolic OH excluding ortho intramolecular Hbond substituents is 1. The van der Waals surface area contributed by atoms with Crippen molar-refractivity contribution >= 4 is 11.8 Å². The molecule has 0 spiro atoms. The summed E-state index contributed by atoms with van der Waals surface area (Å²) in [6, 6.07) is 5.38. The molecule has 30 heavy (non-hydrogen) atoms. The lowest BCUT2D eigenvalue weighted by molar-refractivity contribution is 0.153. The fraction of sp³-hybridized carbons (Fsp3) is 0.680. The third kappa shape index (κ3) is 11.8. The number of aromatic hydroxyl groups is 1. The Morgan fingerprint density at radius 1 is 0.933 bits per heavy atom. The van der Waals surface area contributed by atoms with Gasteiger partial charge in [-0.2, -0.15) is 0 Å². The van der Waals surface area contributed by atoms with Crippen LogP contribution in [0.2, 0.25) is 0 Å². The van der Waals surface area contributed by atoms with Crippen LogP contribution in [0.15, 0.2) is 23.4 Å². The number of carbonyl (C=O) groups is 1. The van der Waals surface area contributed by atoms with Gasteiger partial charge in [0.1, 0.15) is 5.75 Å². The molecule has 0 aliphatic heterocycles. The van der Waals surface area contributed by atoms with Gasteiger partial charge in [-0.15, -0.1) is 0 Å². The second-order valence-corrected chi connectivity index (χ2v) is 8.18. The average Bonchev–Trinajstić information content (AvgIpc) is 2.75. The van der Waals surface area contributed by atoms with Crippen LogP contribution < -0.4 is 5.32 Å². The standard InChI is InChI=1S/C25H42N2O3/c1-4-5-6-7-8-9-10-11-12-13-14-15-16-17-23(27-30-25(29)26-3)22-20-21(2)18-19-24(22)28/h18-20,28H,4-17H2,1-3H3,(H,26,29)/b27-23+. The number of hydrogen-bond acceptors (Lipinski definition) is 4. The van der Waals surface area contributed by atoms with Crippen molar-refractivity contribution in [1.29, 1.82) is 0 Å². The molecular formula is C25H42N2O3. The number of nitrogens with one attached hydrogen (secondary N) is 1. The molecule has 0 radical (unpaired) electrons. The van der Waals surface area contributed by atoms with Crippen molar-refractivity contribution in [3.05, 3.63) is 29.3 Å². The first-order valence-corrected chi connectivity index (χ1v) is 11.8. The van der Waals surface area contributed by atoms with E-state index in [1.54, 1.807) is 6.07 Å². The summed E-state index contributed by atoms with van der Waals surface area (Å²) in [6.45, 7) is 4.23.